The van der Waals surface area contributed by atoms with Crippen LogP contribution in [0.3, 0.4) is 0 Å². The van der Waals surface area contributed by atoms with Crippen LogP contribution < -0.4 is 5.32 Å². The van der Waals surface area contributed by atoms with E-state index >= 15 is 0 Å². The van der Waals surface area contributed by atoms with E-state index in [1.807, 2.05) is 36.6 Å². The van der Waals surface area contributed by atoms with E-state index in [0.29, 0.717) is 21.5 Å². The predicted octanol–water partition coefficient (Wildman–Crippen LogP) is 7.13. The molecule has 0 unspecified atom stereocenters. The first-order valence-corrected chi connectivity index (χ1v) is 9.86. The number of para-hydroxylation sites is 1. The second kappa shape index (κ2) is 7.35. The van der Waals surface area contributed by atoms with Gasteiger partial charge in [0, 0.05) is 21.7 Å². The normalized spacial score (nSPS) is 11.0. The number of anilines is 2. The molecular weight excluding hydrogens is 401 g/mol. The van der Waals surface area contributed by atoms with Gasteiger partial charge in [-0.05, 0) is 43.7 Å². The van der Waals surface area contributed by atoms with E-state index in [0.717, 1.165) is 33.2 Å². The fraction of sp³-hybridized carbons (Fsp3) is 0.100. The Morgan fingerprint density at radius 2 is 1.89 bits per heavy atom. The highest BCUT2D eigenvalue weighted by atomic mass is 35.5. The molecule has 0 aliphatic heterocycles. The number of hydrogen-bond acceptors (Lipinski definition) is 5. The van der Waals surface area contributed by atoms with Crippen LogP contribution in [0.15, 0.2) is 52.4 Å². The molecule has 4 aromatic rings. The second-order valence-corrected chi connectivity index (χ2v) is 7.77. The highest BCUT2D eigenvalue weighted by Crippen LogP contribution is 2.39. The molecule has 7 heteroatoms. The number of halogens is 2. The highest BCUT2D eigenvalue weighted by Gasteiger charge is 2.21. The van der Waals surface area contributed by atoms with Gasteiger partial charge in [-0.2, -0.15) is 0 Å². The van der Waals surface area contributed by atoms with Crippen LogP contribution in [0.25, 0.3) is 22.5 Å². The Morgan fingerprint density at radius 1 is 1.07 bits per heavy atom. The summed E-state index contributed by atoms with van der Waals surface area (Å²) in [6, 6.07) is 13.4. The quantitative estimate of drug-likeness (QED) is 0.384. The summed E-state index contributed by atoms with van der Waals surface area (Å²) in [6.45, 7) is 3.92. The number of thiazole rings is 1. The van der Waals surface area contributed by atoms with Crippen LogP contribution in [-0.2, 0) is 0 Å². The van der Waals surface area contributed by atoms with Gasteiger partial charge in [-0.15, -0.1) is 11.3 Å². The maximum atomic E-state index is 6.37. The van der Waals surface area contributed by atoms with Crippen molar-refractivity contribution in [3.05, 3.63) is 69.2 Å². The van der Waals surface area contributed by atoms with Crippen LogP contribution in [-0.4, -0.2) is 10.1 Å². The Balaban J connectivity index is 1.72. The molecule has 2 heterocycles. The molecule has 0 spiro atoms. The Kier molecular flexibility index (Phi) is 4.91. The van der Waals surface area contributed by atoms with Gasteiger partial charge >= 0.3 is 0 Å². The van der Waals surface area contributed by atoms with E-state index in [1.54, 1.807) is 12.1 Å². The summed E-state index contributed by atoms with van der Waals surface area (Å²) in [7, 11) is 0. The molecule has 0 amide bonds. The molecule has 0 aliphatic rings. The zero-order chi connectivity index (χ0) is 19.0. The molecule has 0 atom stereocenters. The van der Waals surface area contributed by atoms with Crippen molar-refractivity contribution in [2.24, 2.45) is 0 Å². The standard InChI is InChI=1S/C20H15Cl2N3OS/c1-11-5-3-4-6-16(11)23-20-24-17(10-27-20)18-12(2)26-25-19(18)14-8-7-13(21)9-15(14)22/h3-10H,1-2H3,(H,23,24). The van der Waals surface area contributed by atoms with Gasteiger partial charge < -0.3 is 9.84 Å². The number of aryl methyl sites for hydroxylation is 2. The summed E-state index contributed by atoms with van der Waals surface area (Å²) in [4.78, 5) is 4.72. The molecule has 0 aliphatic carbocycles. The number of benzene rings is 2. The molecule has 27 heavy (non-hydrogen) atoms. The lowest BCUT2D eigenvalue weighted by Gasteiger charge is -2.06. The zero-order valence-corrected chi connectivity index (χ0v) is 16.9. The number of nitrogens with one attached hydrogen (secondary N) is 1. The van der Waals surface area contributed by atoms with Gasteiger partial charge in [-0.25, -0.2) is 4.98 Å². The maximum Gasteiger partial charge on any atom is 0.187 e. The van der Waals surface area contributed by atoms with Gasteiger partial charge in [0.1, 0.15) is 11.5 Å². The first-order valence-electron chi connectivity index (χ1n) is 8.23. The summed E-state index contributed by atoms with van der Waals surface area (Å²) >= 11 is 13.9. The summed E-state index contributed by atoms with van der Waals surface area (Å²) in [5, 5.41) is 11.4. The fourth-order valence-electron chi connectivity index (χ4n) is 2.81. The van der Waals surface area contributed by atoms with Crippen LogP contribution in [0.5, 0.6) is 0 Å². The minimum Gasteiger partial charge on any atom is -0.360 e. The van der Waals surface area contributed by atoms with Gasteiger partial charge in [0.2, 0.25) is 0 Å². The molecule has 136 valence electrons. The fourth-order valence-corrected chi connectivity index (χ4v) is 4.03. The first-order chi connectivity index (χ1) is 13.0. The minimum atomic E-state index is 0.519. The van der Waals surface area contributed by atoms with E-state index in [-0.39, 0.29) is 0 Å². The molecule has 0 saturated carbocycles. The van der Waals surface area contributed by atoms with Crippen LogP contribution in [0.2, 0.25) is 10.0 Å². The van der Waals surface area contributed by atoms with Gasteiger partial charge in [0.15, 0.2) is 5.13 Å². The summed E-state index contributed by atoms with van der Waals surface area (Å²) in [5.74, 6) is 0.684. The van der Waals surface area contributed by atoms with Crippen molar-refractivity contribution in [1.29, 1.82) is 0 Å². The first kappa shape index (κ1) is 18.0. The average molecular weight is 416 g/mol. The Hall–Kier alpha value is -2.34. The van der Waals surface area contributed by atoms with Crippen molar-refractivity contribution >= 4 is 45.4 Å². The van der Waals surface area contributed by atoms with Gasteiger partial charge in [-0.3, -0.25) is 0 Å². The lowest BCUT2D eigenvalue weighted by molar-refractivity contribution is 0.400. The Morgan fingerprint density at radius 3 is 2.67 bits per heavy atom. The van der Waals surface area contributed by atoms with E-state index in [2.05, 4.69) is 23.5 Å². The smallest absolute Gasteiger partial charge is 0.187 e. The monoisotopic (exact) mass is 415 g/mol. The van der Waals surface area contributed by atoms with E-state index < -0.39 is 0 Å². The molecule has 0 fully saturated rings. The SMILES string of the molecule is Cc1ccccc1Nc1nc(-c2c(-c3ccc(Cl)cc3Cl)noc2C)cs1. The van der Waals surface area contributed by atoms with Crippen molar-refractivity contribution in [2.75, 3.05) is 5.32 Å². The summed E-state index contributed by atoms with van der Waals surface area (Å²) in [6.07, 6.45) is 0. The molecule has 4 rings (SSSR count). The lowest BCUT2D eigenvalue weighted by Crippen LogP contribution is -1.92. The van der Waals surface area contributed by atoms with E-state index in [9.17, 15) is 0 Å². The van der Waals surface area contributed by atoms with Gasteiger partial charge in [0.25, 0.3) is 0 Å². The van der Waals surface area contributed by atoms with Crippen molar-refractivity contribution in [1.82, 2.24) is 10.1 Å². The molecule has 4 nitrogen and oxygen atoms in total. The van der Waals surface area contributed by atoms with Crippen LogP contribution in [0.1, 0.15) is 11.3 Å². The topological polar surface area (TPSA) is 51.0 Å². The molecule has 2 aromatic heterocycles. The highest BCUT2D eigenvalue weighted by molar-refractivity contribution is 7.14. The zero-order valence-electron chi connectivity index (χ0n) is 14.6. The third-order valence-corrected chi connectivity index (χ3v) is 5.50. The molecule has 2 aromatic carbocycles. The largest absolute Gasteiger partial charge is 0.360 e. The van der Waals surface area contributed by atoms with E-state index in [1.165, 1.54) is 11.3 Å². The van der Waals surface area contributed by atoms with Crippen molar-refractivity contribution < 1.29 is 4.52 Å². The van der Waals surface area contributed by atoms with Gasteiger partial charge in [-0.1, -0.05) is 46.6 Å². The van der Waals surface area contributed by atoms with E-state index in [4.69, 9.17) is 32.7 Å². The predicted molar refractivity (Wildman–Crippen MR) is 112 cm³/mol. The van der Waals surface area contributed by atoms with Crippen LogP contribution >= 0.6 is 34.5 Å². The molecule has 0 radical (unpaired) electrons. The average Bonchev–Trinajstić information content (AvgIpc) is 3.23. The number of nitrogens with zero attached hydrogens (tertiary/aromatic N) is 2. The third-order valence-electron chi connectivity index (χ3n) is 4.20. The van der Waals surface area contributed by atoms with Crippen LogP contribution in [0, 0.1) is 13.8 Å². The molecular formula is C20H15Cl2N3OS. The van der Waals surface area contributed by atoms with Crippen molar-refractivity contribution in [2.45, 2.75) is 13.8 Å². The molecule has 0 saturated heterocycles. The minimum absolute atomic E-state index is 0.519. The number of aromatic nitrogens is 2. The summed E-state index contributed by atoms with van der Waals surface area (Å²) in [5.41, 5.74) is 5.21. The molecule has 0 bridgehead atoms. The second-order valence-electron chi connectivity index (χ2n) is 6.06. The van der Waals surface area contributed by atoms with Crippen LogP contribution in [0.4, 0.5) is 10.8 Å². The van der Waals surface area contributed by atoms with Gasteiger partial charge in [0.05, 0.1) is 16.3 Å². The van der Waals surface area contributed by atoms with Crippen molar-refractivity contribution in [3.63, 3.8) is 0 Å². The lowest BCUT2D eigenvalue weighted by atomic mass is 10.0. The number of rotatable bonds is 4. The summed E-state index contributed by atoms with van der Waals surface area (Å²) < 4.78 is 5.44. The van der Waals surface area contributed by atoms with Crippen molar-refractivity contribution in [3.8, 4) is 22.5 Å². The maximum absolute atomic E-state index is 6.37. The molecule has 1 N–H and O–H groups in total. The number of hydrogen-bond donors (Lipinski definition) is 1. The Bertz CT molecular complexity index is 1120. The Labute approximate surface area is 170 Å². The third kappa shape index (κ3) is 3.58.